The summed E-state index contributed by atoms with van der Waals surface area (Å²) in [5.41, 5.74) is 3.32. The maximum atomic E-state index is 5.89. The summed E-state index contributed by atoms with van der Waals surface area (Å²) in [4.78, 5) is 0. The van der Waals surface area contributed by atoms with Gasteiger partial charge in [0.1, 0.15) is 0 Å². The number of benzene rings is 1. The maximum absolute atomic E-state index is 5.89. The number of rotatable bonds is 0. The molecule has 0 unspecified atom stereocenters. The van der Waals surface area contributed by atoms with Crippen molar-refractivity contribution in [1.82, 2.24) is 0 Å². The number of hydrogen-bond donors (Lipinski definition) is 1. The Balaban J connectivity index is 3.21. The van der Waals surface area contributed by atoms with Crippen LogP contribution in [0.25, 0.3) is 0 Å². The van der Waals surface area contributed by atoms with Crippen molar-refractivity contribution in [2.45, 2.75) is 13.8 Å². The summed E-state index contributed by atoms with van der Waals surface area (Å²) in [5.74, 6) is 6.59. The third-order valence-electron chi connectivity index (χ3n) is 1.79. The molecule has 0 bridgehead atoms. The molecule has 68 valence electrons. The summed E-state index contributed by atoms with van der Waals surface area (Å²) >= 11 is 9.93. The number of thiol groups is 1. The molecule has 0 fully saturated rings. The van der Waals surface area contributed by atoms with Crippen LogP contribution in [0.5, 0.6) is 0 Å². The molecule has 1 aromatic rings. The van der Waals surface area contributed by atoms with E-state index in [1.807, 2.05) is 26.0 Å². The van der Waals surface area contributed by atoms with Gasteiger partial charge in [-0.1, -0.05) is 23.4 Å². The Labute approximate surface area is 89.7 Å². The lowest BCUT2D eigenvalue weighted by Crippen LogP contribution is -1.87. The van der Waals surface area contributed by atoms with Crippen molar-refractivity contribution < 1.29 is 0 Å². The Bertz CT molecular complexity index is 348. The van der Waals surface area contributed by atoms with Crippen LogP contribution >= 0.6 is 24.2 Å². The van der Waals surface area contributed by atoms with Crippen LogP contribution in [0.15, 0.2) is 12.1 Å². The quantitative estimate of drug-likeness (QED) is 0.493. The van der Waals surface area contributed by atoms with Crippen LogP contribution in [0, 0.1) is 25.7 Å². The van der Waals surface area contributed by atoms with Crippen LogP contribution in [0.2, 0.25) is 5.02 Å². The molecule has 0 aliphatic rings. The molecule has 0 radical (unpaired) electrons. The molecule has 0 aromatic heterocycles. The van der Waals surface area contributed by atoms with E-state index in [1.54, 1.807) is 0 Å². The normalized spacial score (nSPS) is 9.23. The Kier molecular flexibility index (Phi) is 3.71. The third-order valence-corrected chi connectivity index (χ3v) is 2.17. The zero-order chi connectivity index (χ0) is 9.84. The Morgan fingerprint density at radius 1 is 1.31 bits per heavy atom. The lowest BCUT2D eigenvalue weighted by molar-refractivity contribution is 1.35. The highest BCUT2D eigenvalue weighted by Crippen LogP contribution is 2.18. The highest BCUT2D eigenvalue weighted by Gasteiger charge is 2.00. The molecule has 13 heavy (non-hydrogen) atoms. The Morgan fingerprint density at radius 2 is 1.85 bits per heavy atom. The van der Waals surface area contributed by atoms with Gasteiger partial charge in [0.05, 0.1) is 5.75 Å². The Morgan fingerprint density at radius 3 is 2.31 bits per heavy atom. The first-order chi connectivity index (χ1) is 6.15. The van der Waals surface area contributed by atoms with Crippen molar-refractivity contribution >= 4 is 24.2 Å². The summed E-state index contributed by atoms with van der Waals surface area (Å²) in [6.07, 6.45) is 0. The van der Waals surface area contributed by atoms with Crippen molar-refractivity contribution in [2.24, 2.45) is 0 Å². The molecule has 0 aliphatic heterocycles. The van der Waals surface area contributed by atoms with Crippen molar-refractivity contribution in [3.63, 3.8) is 0 Å². The van der Waals surface area contributed by atoms with E-state index in [-0.39, 0.29) is 0 Å². The van der Waals surface area contributed by atoms with Crippen LogP contribution < -0.4 is 0 Å². The van der Waals surface area contributed by atoms with Crippen LogP contribution in [0.1, 0.15) is 16.7 Å². The molecule has 0 spiro atoms. The first kappa shape index (κ1) is 10.5. The largest absolute Gasteiger partial charge is 0.166 e. The molecule has 1 rings (SSSR count). The van der Waals surface area contributed by atoms with Crippen LogP contribution in [0.4, 0.5) is 0 Å². The number of aryl methyl sites for hydroxylation is 2. The van der Waals surface area contributed by atoms with Crippen LogP contribution in [-0.2, 0) is 0 Å². The smallest absolute Gasteiger partial charge is 0.0521 e. The van der Waals surface area contributed by atoms with Gasteiger partial charge in [0.25, 0.3) is 0 Å². The zero-order valence-electron chi connectivity index (χ0n) is 7.69. The van der Waals surface area contributed by atoms with E-state index in [1.165, 1.54) is 0 Å². The monoisotopic (exact) mass is 210 g/mol. The SMILES string of the molecule is Cc1cc(Cl)cc(C)c1C#CCS. The predicted octanol–water partition coefficient (Wildman–Crippen LogP) is 3.24. The van der Waals surface area contributed by atoms with E-state index in [0.717, 1.165) is 21.7 Å². The summed E-state index contributed by atoms with van der Waals surface area (Å²) in [6, 6.07) is 3.86. The summed E-state index contributed by atoms with van der Waals surface area (Å²) in [7, 11) is 0. The molecule has 0 N–H and O–H groups in total. The second-order valence-corrected chi connectivity index (χ2v) is 3.63. The molecule has 2 heteroatoms. The molecule has 0 saturated carbocycles. The van der Waals surface area contributed by atoms with Gasteiger partial charge in [-0.3, -0.25) is 0 Å². The third kappa shape index (κ3) is 2.69. The fourth-order valence-electron chi connectivity index (χ4n) is 1.24. The zero-order valence-corrected chi connectivity index (χ0v) is 9.34. The van der Waals surface area contributed by atoms with E-state index in [4.69, 9.17) is 11.6 Å². The molecule has 0 amide bonds. The average molecular weight is 211 g/mol. The second kappa shape index (κ2) is 4.60. The van der Waals surface area contributed by atoms with Gasteiger partial charge >= 0.3 is 0 Å². The molecule has 0 saturated heterocycles. The molecule has 0 heterocycles. The first-order valence-electron chi connectivity index (χ1n) is 4.01. The lowest BCUT2D eigenvalue weighted by Gasteiger charge is -2.03. The number of hydrogen-bond acceptors (Lipinski definition) is 1. The molecule has 0 nitrogen and oxygen atoms in total. The van der Waals surface area contributed by atoms with E-state index in [0.29, 0.717) is 5.75 Å². The predicted molar refractivity (Wildman–Crippen MR) is 61.7 cm³/mol. The van der Waals surface area contributed by atoms with Crippen LogP contribution in [-0.4, -0.2) is 5.75 Å². The van der Waals surface area contributed by atoms with Gasteiger partial charge in [0.2, 0.25) is 0 Å². The lowest BCUT2D eigenvalue weighted by atomic mass is 10.0. The maximum Gasteiger partial charge on any atom is 0.0521 e. The molecule has 0 aliphatic carbocycles. The standard InChI is InChI=1S/C11H11ClS/c1-8-6-10(12)7-9(2)11(8)4-3-5-13/h6-7,13H,5H2,1-2H3. The minimum Gasteiger partial charge on any atom is -0.166 e. The highest BCUT2D eigenvalue weighted by atomic mass is 35.5. The highest BCUT2D eigenvalue weighted by molar-refractivity contribution is 7.80. The van der Waals surface area contributed by atoms with Gasteiger partial charge in [-0.05, 0) is 37.1 Å². The van der Waals surface area contributed by atoms with E-state index in [9.17, 15) is 0 Å². The average Bonchev–Trinajstić information content (AvgIpc) is 2.02. The van der Waals surface area contributed by atoms with E-state index in [2.05, 4.69) is 24.5 Å². The summed E-state index contributed by atoms with van der Waals surface area (Å²) in [6.45, 7) is 4.03. The van der Waals surface area contributed by atoms with Gasteiger partial charge in [0, 0.05) is 10.6 Å². The van der Waals surface area contributed by atoms with Gasteiger partial charge in [-0.2, -0.15) is 12.6 Å². The van der Waals surface area contributed by atoms with Gasteiger partial charge < -0.3 is 0 Å². The first-order valence-corrected chi connectivity index (χ1v) is 5.02. The summed E-state index contributed by atoms with van der Waals surface area (Å²) in [5, 5.41) is 0.770. The van der Waals surface area contributed by atoms with E-state index >= 15 is 0 Å². The van der Waals surface area contributed by atoms with Gasteiger partial charge in [-0.15, -0.1) is 0 Å². The molecular formula is C11H11ClS. The van der Waals surface area contributed by atoms with Crippen molar-refractivity contribution in [3.05, 3.63) is 33.8 Å². The fourth-order valence-corrected chi connectivity index (χ4v) is 1.64. The van der Waals surface area contributed by atoms with Gasteiger partial charge in [0.15, 0.2) is 0 Å². The molecular weight excluding hydrogens is 200 g/mol. The van der Waals surface area contributed by atoms with Crippen molar-refractivity contribution in [2.75, 3.05) is 5.75 Å². The molecule has 0 atom stereocenters. The van der Waals surface area contributed by atoms with Crippen molar-refractivity contribution in [3.8, 4) is 11.8 Å². The Hall–Kier alpha value is -0.580. The fraction of sp³-hybridized carbons (Fsp3) is 0.273. The molecule has 1 aromatic carbocycles. The topological polar surface area (TPSA) is 0 Å². The second-order valence-electron chi connectivity index (χ2n) is 2.87. The van der Waals surface area contributed by atoms with Crippen molar-refractivity contribution in [1.29, 1.82) is 0 Å². The van der Waals surface area contributed by atoms with Gasteiger partial charge in [-0.25, -0.2) is 0 Å². The summed E-state index contributed by atoms with van der Waals surface area (Å²) < 4.78 is 0. The number of halogens is 1. The van der Waals surface area contributed by atoms with Crippen LogP contribution in [0.3, 0.4) is 0 Å². The van der Waals surface area contributed by atoms with E-state index < -0.39 is 0 Å². The minimum absolute atomic E-state index is 0.585. The minimum atomic E-state index is 0.585.